The zero-order chi connectivity index (χ0) is 10.7. The van der Waals surface area contributed by atoms with Crippen molar-refractivity contribution in [3.8, 4) is 5.75 Å². The Balaban J connectivity index is 3.29. The zero-order valence-corrected chi connectivity index (χ0v) is 9.84. The lowest BCUT2D eigenvalue weighted by atomic mass is 10.0. The number of aryl methyl sites for hydroxylation is 1. The molecule has 1 atom stereocenters. The lowest BCUT2D eigenvalue weighted by Gasteiger charge is -2.17. The Morgan fingerprint density at radius 2 is 2.21 bits per heavy atom. The molecule has 3 N–H and O–H groups in total. The van der Waals surface area contributed by atoms with E-state index in [0.717, 1.165) is 21.3 Å². The van der Waals surface area contributed by atoms with Gasteiger partial charge in [-0.3, -0.25) is 0 Å². The van der Waals surface area contributed by atoms with E-state index in [9.17, 15) is 0 Å². The summed E-state index contributed by atoms with van der Waals surface area (Å²) in [6.07, 6.45) is 0. The SMILES string of the molecule is COc1c(C)ccc(Br)c1C(N)CO. The van der Waals surface area contributed by atoms with Gasteiger partial charge in [0.25, 0.3) is 0 Å². The van der Waals surface area contributed by atoms with Gasteiger partial charge in [0, 0.05) is 10.0 Å². The first-order valence-electron chi connectivity index (χ1n) is 4.31. The van der Waals surface area contributed by atoms with E-state index >= 15 is 0 Å². The molecule has 1 aromatic carbocycles. The van der Waals surface area contributed by atoms with Crippen molar-refractivity contribution in [1.82, 2.24) is 0 Å². The van der Waals surface area contributed by atoms with Crippen molar-refractivity contribution in [1.29, 1.82) is 0 Å². The highest BCUT2D eigenvalue weighted by molar-refractivity contribution is 9.10. The van der Waals surface area contributed by atoms with E-state index in [0.29, 0.717) is 0 Å². The van der Waals surface area contributed by atoms with Crippen LogP contribution >= 0.6 is 15.9 Å². The molecule has 4 heteroatoms. The van der Waals surface area contributed by atoms with Gasteiger partial charge >= 0.3 is 0 Å². The summed E-state index contributed by atoms with van der Waals surface area (Å²) in [5, 5.41) is 9.02. The molecule has 3 nitrogen and oxygen atoms in total. The van der Waals surface area contributed by atoms with Gasteiger partial charge in [-0.1, -0.05) is 22.0 Å². The van der Waals surface area contributed by atoms with Crippen molar-refractivity contribution in [2.24, 2.45) is 5.73 Å². The molecule has 0 aliphatic carbocycles. The third-order valence-electron chi connectivity index (χ3n) is 2.11. The first-order chi connectivity index (χ1) is 6.61. The predicted molar refractivity (Wildman–Crippen MR) is 59.4 cm³/mol. The van der Waals surface area contributed by atoms with Crippen LogP contribution in [0.15, 0.2) is 16.6 Å². The Morgan fingerprint density at radius 3 is 2.71 bits per heavy atom. The summed E-state index contributed by atoms with van der Waals surface area (Å²) in [6.45, 7) is 1.84. The maximum absolute atomic E-state index is 9.02. The maximum Gasteiger partial charge on any atom is 0.127 e. The van der Waals surface area contributed by atoms with Gasteiger partial charge in [0.1, 0.15) is 5.75 Å². The fourth-order valence-corrected chi connectivity index (χ4v) is 2.00. The minimum absolute atomic E-state index is 0.0988. The van der Waals surface area contributed by atoms with Crippen LogP contribution in [0.5, 0.6) is 5.75 Å². The quantitative estimate of drug-likeness (QED) is 0.870. The number of nitrogens with two attached hydrogens (primary N) is 1. The number of hydrogen-bond acceptors (Lipinski definition) is 3. The molecular weight excluding hydrogens is 246 g/mol. The van der Waals surface area contributed by atoms with Crippen LogP contribution in [-0.2, 0) is 0 Å². The van der Waals surface area contributed by atoms with Crippen LogP contribution in [0.3, 0.4) is 0 Å². The molecule has 0 bridgehead atoms. The first kappa shape index (κ1) is 11.5. The van der Waals surface area contributed by atoms with Crippen LogP contribution in [0.1, 0.15) is 17.2 Å². The van der Waals surface area contributed by atoms with Crippen LogP contribution in [-0.4, -0.2) is 18.8 Å². The molecule has 0 fully saturated rings. The molecule has 0 heterocycles. The molecule has 0 aliphatic heterocycles. The molecule has 14 heavy (non-hydrogen) atoms. The van der Waals surface area contributed by atoms with E-state index in [1.165, 1.54) is 0 Å². The van der Waals surface area contributed by atoms with Crippen molar-refractivity contribution in [3.63, 3.8) is 0 Å². The standard InChI is InChI=1S/C10H14BrNO2/c1-6-3-4-7(11)9(8(12)5-13)10(6)14-2/h3-4,8,13H,5,12H2,1-2H3. The monoisotopic (exact) mass is 259 g/mol. The Labute approximate surface area is 92.0 Å². The van der Waals surface area contributed by atoms with Gasteiger partial charge < -0.3 is 15.6 Å². The van der Waals surface area contributed by atoms with Gasteiger partial charge in [-0.2, -0.15) is 0 Å². The lowest BCUT2D eigenvalue weighted by molar-refractivity contribution is 0.264. The highest BCUT2D eigenvalue weighted by Gasteiger charge is 2.16. The Kier molecular flexibility index (Phi) is 3.92. The molecule has 1 aromatic rings. The van der Waals surface area contributed by atoms with E-state index in [1.54, 1.807) is 7.11 Å². The van der Waals surface area contributed by atoms with Gasteiger partial charge in [-0.25, -0.2) is 0 Å². The molecule has 1 rings (SSSR count). The number of aliphatic hydroxyl groups is 1. The fraction of sp³-hybridized carbons (Fsp3) is 0.400. The van der Waals surface area contributed by atoms with Crippen molar-refractivity contribution >= 4 is 15.9 Å². The minimum Gasteiger partial charge on any atom is -0.496 e. The van der Waals surface area contributed by atoms with Crippen LogP contribution in [0.4, 0.5) is 0 Å². The third-order valence-corrected chi connectivity index (χ3v) is 2.80. The highest BCUT2D eigenvalue weighted by atomic mass is 79.9. The highest BCUT2D eigenvalue weighted by Crippen LogP contribution is 2.33. The number of methoxy groups -OCH3 is 1. The Hall–Kier alpha value is -0.580. The normalized spacial score (nSPS) is 12.6. The van der Waals surface area contributed by atoms with Crippen LogP contribution in [0, 0.1) is 6.92 Å². The first-order valence-corrected chi connectivity index (χ1v) is 5.10. The molecule has 78 valence electrons. The van der Waals surface area contributed by atoms with Gasteiger partial charge in [0.2, 0.25) is 0 Å². The largest absolute Gasteiger partial charge is 0.496 e. The molecule has 0 radical (unpaired) electrons. The smallest absolute Gasteiger partial charge is 0.127 e. The molecular formula is C10H14BrNO2. The van der Waals surface area contributed by atoms with Crippen molar-refractivity contribution < 1.29 is 9.84 Å². The summed E-state index contributed by atoms with van der Waals surface area (Å²) in [5.41, 5.74) is 7.60. The average molecular weight is 260 g/mol. The number of hydrogen-bond donors (Lipinski definition) is 2. The molecule has 0 aromatic heterocycles. The summed E-state index contributed by atoms with van der Waals surface area (Å²) < 4.78 is 6.12. The summed E-state index contributed by atoms with van der Waals surface area (Å²) in [5.74, 6) is 0.737. The van der Waals surface area contributed by atoms with Gasteiger partial charge in [0.15, 0.2) is 0 Å². The molecule has 0 saturated heterocycles. The molecule has 0 spiro atoms. The number of rotatable bonds is 3. The second kappa shape index (κ2) is 4.77. The predicted octanol–water partition coefficient (Wildman–Crippen LogP) is 1.76. The fourth-order valence-electron chi connectivity index (χ4n) is 1.39. The lowest BCUT2D eigenvalue weighted by Crippen LogP contribution is -2.16. The van der Waals surface area contributed by atoms with E-state index < -0.39 is 6.04 Å². The average Bonchev–Trinajstić information content (AvgIpc) is 2.19. The molecule has 1 unspecified atom stereocenters. The molecule has 0 saturated carbocycles. The Bertz CT molecular complexity index is 328. The number of ether oxygens (including phenoxy) is 1. The van der Waals surface area contributed by atoms with Gasteiger partial charge in [-0.15, -0.1) is 0 Å². The number of halogens is 1. The van der Waals surface area contributed by atoms with Crippen molar-refractivity contribution in [2.45, 2.75) is 13.0 Å². The summed E-state index contributed by atoms with van der Waals surface area (Å²) >= 11 is 3.39. The summed E-state index contributed by atoms with van der Waals surface area (Å²) in [7, 11) is 1.60. The zero-order valence-electron chi connectivity index (χ0n) is 8.25. The van der Waals surface area contributed by atoms with E-state index in [1.807, 2.05) is 19.1 Å². The number of aliphatic hydroxyl groups excluding tert-OH is 1. The molecule has 0 aliphatic rings. The van der Waals surface area contributed by atoms with E-state index in [4.69, 9.17) is 15.6 Å². The minimum atomic E-state index is -0.417. The second-order valence-electron chi connectivity index (χ2n) is 3.10. The van der Waals surface area contributed by atoms with Crippen LogP contribution in [0.25, 0.3) is 0 Å². The summed E-state index contributed by atoms with van der Waals surface area (Å²) in [6, 6.07) is 3.43. The van der Waals surface area contributed by atoms with E-state index in [2.05, 4.69) is 15.9 Å². The van der Waals surface area contributed by atoms with Gasteiger partial charge in [-0.05, 0) is 18.6 Å². The van der Waals surface area contributed by atoms with Crippen molar-refractivity contribution in [3.05, 3.63) is 27.7 Å². The van der Waals surface area contributed by atoms with Crippen LogP contribution in [0.2, 0.25) is 0 Å². The summed E-state index contributed by atoms with van der Waals surface area (Å²) in [4.78, 5) is 0. The number of benzene rings is 1. The molecule has 0 amide bonds. The second-order valence-corrected chi connectivity index (χ2v) is 3.95. The maximum atomic E-state index is 9.02. The van der Waals surface area contributed by atoms with E-state index in [-0.39, 0.29) is 6.61 Å². The Morgan fingerprint density at radius 1 is 1.57 bits per heavy atom. The topological polar surface area (TPSA) is 55.5 Å². The van der Waals surface area contributed by atoms with Crippen molar-refractivity contribution in [2.75, 3.05) is 13.7 Å². The van der Waals surface area contributed by atoms with Crippen LogP contribution < -0.4 is 10.5 Å². The third kappa shape index (κ3) is 2.08. The van der Waals surface area contributed by atoms with Gasteiger partial charge in [0.05, 0.1) is 19.8 Å².